The van der Waals surface area contributed by atoms with Crippen molar-refractivity contribution in [3.05, 3.63) is 82.9 Å². The van der Waals surface area contributed by atoms with Crippen LogP contribution in [-0.4, -0.2) is 6.16 Å². The van der Waals surface area contributed by atoms with Gasteiger partial charge in [-0.1, -0.05) is 60.7 Å². The Kier molecular flexibility index (Phi) is 6.09. The Morgan fingerprint density at radius 1 is 0.667 bits per heavy atom. The number of fused-ring (bicyclic) bond motifs is 1. The number of hydrogen-bond donors (Lipinski definition) is 0. The molecule has 0 nitrogen and oxygen atoms in total. The summed E-state index contributed by atoms with van der Waals surface area (Å²) >= 11 is 0. The molecule has 1 aliphatic carbocycles. The van der Waals surface area contributed by atoms with Gasteiger partial charge < -0.3 is 0 Å². The van der Waals surface area contributed by atoms with Crippen LogP contribution >= 0.6 is 27.7 Å². The van der Waals surface area contributed by atoms with Gasteiger partial charge >= 0.3 is 0 Å². The van der Waals surface area contributed by atoms with Crippen LogP contribution in [-0.2, 0) is 18.7 Å². The van der Waals surface area contributed by atoms with Crippen molar-refractivity contribution < 1.29 is 0 Å². The summed E-state index contributed by atoms with van der Waals surface area (Å²) in [5.74, 6) is 0.713. The predicted octanol–water partition coefficient (Wildman–Crippen LogP) is 6.68. The molecule has 4 atom stereocenters. The third-order valence-electron chi connectivity index (χ3n) is 5.83. The Balaban J connectivity index is 1.63. The third kappa shape index (κ3) is 3.91. The maximum absolute atomic E-state index is 2.92. The zero-order valence-electron chi connectivity index (χ0n) is 15.6. The lowest BCUT2D eigenvalue weighted by atomic mass is 9.95. The van der Waals surface area contributed by atoms with Crippen molar-refractivity contribution in [1.82, 2.24) is 0 Å². The fraction of sp³-hybridized carbons (Fsp3) is 0.250. The van der Waals surface area contributed by atoms with Crippen LogP contribution in [0.3, 0.4) is 0 Å². The van der Waals surface area contributed by atoms with E-state index in [0.29, 0.717) is 5.92 Å². The molecule has 0 bridgehead atoms. The van der Waals surface area contributed by atoms with Crippen molar-refractivity contribution in [3.8, 4) is 22.3 Å². The minimum absolute atomic E-state index is 0.713. The number of hydrogen-bond acceptors (Lipinski definition) is 0. The molecule has 0 amide bonds. The second-order valence-electron chi connectivity index (χ2n) is 7.35. The van der Waals surface area contributed by atoms with Crippen molar-refractivity contribution in [3.63, 3.8) is 0 Å². The minimum Gasteiger partial charge on any atom is -0.137 e. The zero-order valence-corrected chi connectivity index (χ0v) is 19.1. The van der Waals surface area contributed by atoms with Crippen LogP contribution < -0.4 is 0 Å². The van der Waals surface area contributed by atoms with Gasteiger partial charge in [-0.25, -0.2) is 0 Å². The molecule has 0 saturated carbocycles. The summed E-state index contributed by atoms with van der Waals surface area (Å²) in [6.45, 7) is 0. The Morgan fingerprint density at radius 3 is 1.89 bits per heavy atom. The molecule has 27 heavy (non-hydrogen) atoms. The Hall–Kier alpha value is -1.05. The van der Waals surface area contributed by atoms with Crippen LogP contribution in [0.1, 0.15) is 34.6 Å². The van der Waals surface area contributed by atoms with Gasteiger partial charge in [-0.15, -0.1) is 27.7 Å². The van der Waals surface area contributed by atoms with Gasteiger partial charge in [0.05, 0.1) is 0 Å². The summed E-state index contributed by atoms with van der Waals surface area (Å²) in [7, 11) is 8.61. The van der Waals surface area contributed by atoms with Gasteiger partial charge in [-0.05, 0) is 81.8 Å². The van der Waals surface area contributed by atoms with Crippen LogP contribution in [0.4, 0.5) is 0 Å². The van der Waals surface area contributed by atoms with E-state index in [0.717, 1.165) is 12.3 Å². The largest absolute Gasteiger partial charge is 0.137 e. The number of benzene rings is 3. The molecule has 0 aromatic heterocycles. The van der Waals surface area contributed by atoms with Gasteiger partial charge in [0.1, 0.15) is 0 Å². The van der Waals surface area contributed by atoms with E-state index in [1.807, 2.05) is 0 Å². The zero-order chi connectivity index (χ0) is 18.8. The fourth-order valence-electron chi connectivity index (χ4n) is 4.16. The van der Waals surface area contributed by atoms with Gasteiger partial charge in [0.15, 0.2) is 0 Å². The van der Waals surface area contributed by atoms with Crippen molar-refractivity contribution in [2.75, 3.05) is 6.16 Å². The molecular formula is C24H27P3. The summed E-state index contributed by atoms with van der Waals surface area (Å²) in [6.07, 6.45) is 5.71. The molecule has 3 aromatic rings. The first-order valence-corrected chi connectivity index (χ1v) is 12.1. The highest BCUT2D eigenvalue weighted by Gasteiger charge is 2.21. The smallest absolute Gasteiger partial charge is 0.0121 e. The second-order valence-corrected chi connectivity index (χ2v) is 8.64. The second kappa shape index (κ2) is 8.53. The summed E-state index contributed by atoms with van der Waals surface area (Å²) in [6, 6.07) is 23.0. The van der Waals surface area contributed by atoms with Gasteiger partial charge in [-0.3, -0.25) is 0 Å². The summed E-state index contributed by atoms with van der Waals surface area (Å²) in [4.78, 5) is 0. The molecule has 4 rings (SSSR count). The van der Waals surface area contributed by atoms with Crippen molar-refractivity contribution in [2.24, 2.45) is 0 Å². The molecule has 0 saturated heterocycles. The highest BCUT2D eigenvalue weighted by molar-refractivity contribution is 7.16. The standard InChI is InChI=1S/C24H27P3/c25-13-21-9-8-19(11-23(21)15-27)16-1-3-17(4-2-16)20-7-5-18-6-10-22(14-26)24(18)12-20/h1-5,7-9,11-12,22H,6,10,13-15,25-27H2. The summed E-state index contributed by atoms with van der Waals surface area (Å²) in [5.41, 5.74) is 11.2. The molecule has 3 aromatic carbocycles. The minimum atomic E-state index is 0.713. The van der Waals surface area contributed by atoms with Crippen LogP contribution in [0.15, 0.2) is 60.7 Å². The number of aryl methyl sites for hydroxylation is 1. The van der Waals surface area contributed by atoms with Crippen LogP contribution in [0.5, 0.6) is 0 Å². The van der Waals surface area contributed by atoms with E-state index in [4.69, 9.17) is 0 Å². The van der Waals surface area contributed by atoms with E-state index >= 15 is 0 Å². The Labute approximate surface area is 170 Å². The Morgan fingerprint density at radius 2 is 1.26 bits per heavy atom. The topological polar surface area (TPSA) is 0 Å². The van der Waals surface area contributed by atoms with Gasteiger partial charge in [0.2, 0.25) is 0 Å². The maximum Gasteiger partial charge on any atom is -0.0121 e. The lowest BCUT2D eigenvalue weighted by molar-refractivity contribution is 0.757. The highest BCUT2D eigenvalue weighted by atomic mass is 31.0. The molecule has 0 spiro atoms. The van der Waals surface area contributed by atoms with E-state index in [1.165, 1.54) is 52.4 Å². The van der Waals surface area contributed by atoms with E-state index in [-0.39, 0.29) is 0 Å². The quantitative estimate of drug-likeness (QED) is 0.413. The predicted molar refractivity (Wildman–Crippen MR) is 130 cm³/mol. The molecule has 0 radical (unpaired) electrons. The van der Waals surface area contributed by atoms with Crippen LogP contribution in [0.2, 0.25) is 0 Å². The molecule has 1 aliphatic rings. The van der Waals surface area contributed by atoms with Crippen LogP contribution in [0.25, 0.3) is 22.3 Å². The van der Waals surface area contributed by atoms with E-state index in [1.54, 1.807) is 11.1 Å². The lowest BCUT2D eigenvalue weighted by Gasteiger charge is -2.12. The number of rotatable bonds is 5. The first-order chi connectivity index (χ1) is 13.2. The highest BCUT2D eigenvalue weighted by Crippen LogP contribution is 2.37. The molecule has 0 heterocycles. The molecular weight excluding hydrogens is 381 g/mol. The molecule has 138 valence electrons. The van der Waals surface area contributed by atoms with Crippen LogP contribution in [0, 0.1) is 0 Å². The third-order valence-corrected chi connectivity index (χ3v) is 7.28. The molecule has 3 heteroatoms. The van der Waals surface area contributed by atoms with E-state index in [2.05, 4.69) is 88.4 Å². The van der Waals surface area contributed by atoms with Gasteiger partial charge in [-0.2, -0.15) is 0 Å². The first kappa shape index (κ1) is 19.3. The van der Waals surface area contributed by atoms with Crippen molar-refractivity contribution in [2.45, 2.75) is 31.1 Å². The summed E-state index contributed by atoms with van der Waals surface area (Å²) < 4.78 is 0. The maximum atomic E-state index is 2.92. The Bertz CT molecular complexity index is 944. The molecule has 4 unspecified atom stereocenters. The van der Waals surface area contributed by atoms with Crippen molar-refractivity contribution in [1.29, 1.82) is 0 Å². The van der Waals surface area contributed by atoms with E-state index in [9.17, 15) is 0 Å². The fourth-order valence-corrected chi connectivity index (χ4v) is 5.43. The molecule has 0 fully saturated rings. The van der Waals surface area contributed by atoms with Gasteiger partial charge in [0.25, 0.3) is 0 Å². The average Bonchev–Trinajstić information content (AvgIpc) is 3.15. The monoisotopic (exact) mass is 408 g/mol. The molecule has 0 aliphatic heterocycles. The normalized spacial score (nSPS) is 15.7. The molecule has 0 N–H and O–H groups in total. The van der Waals surface area contributed by atoms with Gasteiger partial charge in [0, 0.05) is 0 Å². The first-order valence-electron chi connectivity index (χ1n) is 9.69. The SMILES string of the molecule is PCc1ccc(-c2ccc(-c3ccc4c(c3)C(CP)CC4)cc2)cc1CP. The lowest BCUT2D eigenvalue weighted by Crippen LogP contribution is -1.94. The van der Waals surface area contributed by atoms with Crippen molar-refractivity contribution >= 4 is 27.7 Å². The van der Waals surface area contributed by atoms with E-state index < -0.39 is 0 Å². The average molecular weight is 408 g/mol. The summed E-state index contributed by atoms with van der Waals surface area (Å²) in [5, 5.41) is 0.